The number of benzene rings is 1. The number of hydrogen-bond donors (Lipinski definition) is 1. The zero-order valence-corrected chi connectivity index (χ0v) is 13.3. The predicted octanol–water partition coefficient (Wildman–Crippen LogP) is 2.06. The lowest BCUT2D eigenvalue weighted by Crippen LogP contribution is -2.37. The van der Waals surface area contributed by atoms with Gasteiger partial charge in [-0.15, -0.1) is 0 Å². The van der Waals surface area contributed by atoms with Crippen molar-refractivity contribution in [3.63, 3.8) is 0 Å². The summed E-state index contributed by atoms with van der Waals surface area (Å²) in [5.41, 5.74) is 1.89. The monoisotopic (exact) mass is 327 g/mol. The molecular formula is C18H18FN3O2. The van der Waals surface area contributed by atoms with Crippen LogP contribution >= 0.6 is 0 Å². The van der Waals surface area contributed by atoms with Crippen LogP contribution in [0.3, 0.4) is 0 Å². The number of rotatable bonds is 4. The zero-order valence-electron chi connectivity index (χ0n) is 13.3. The summed E-state index contributed by atoms with van der Waals surface area (Å²) in [4.78, 5) is 30.2. The molecule has 1 N–H and O–H groups in total. The van der Waals surface area contributed by atoms with Crippen LogP contribution in [0.4, 0.5) is 4.39 Å². The molecule has 1 saturated heterocycles. The predicted molar refractivity (Wildman–Crippen MR) is 86.7 cm³/mol. The van der Waals surface area contributed by atoms with Gasteiger partial charge in [0.25, 0.3) is 5.91 Å². The number of nitrogens with zero attached hydrogens (tertiary/aromatic N) is 2. The fraction of sp³-hybridized carbons (Fsp3) is 0.278. The van der Waals surface area contributed by atoms with E-state index in [2.05, 4.69) is 10.3 Å². The van der Waals surface area contributed by atoms with Crippen molar-refractivity contribution in [3.8, 4) is 0 Å². The largest absolute Gasteiger partial charge is 0.347 e. The third kappa shape index (κ3) is 3.59. The Morgan fingerprint density at radius 2 is 2.21 bits per heavy atom. The molecular weight excluding hydrogens is 309 g/mol. The minimum Gasteiger partial charge on any atom is -0.347 e. The van der Waals surface area contributed by atoms with Crippen molar-refractivity contribution in [1.29, 1.82) is 0 Å². The van der Waals surface area contributed by atoms with Crippen LogP contribution in [0.2, 0.25) is 0 Å². The Labute approximate surface area is 139 Å². The molecule has 1 fully saturated rings. The smallest absolute Gasteiger partial charge is 0.253 e. The number of likely N-dealkylation sites (tertiary alicyclic amines) is 1. The first-order valence-corrected chi connectivity index (χ1v) is 7.77. The molecule has 0 radical (unpaired) electrons. The molecule has 1 atom stereocenters. The van der Waals surface area contributed by atoms with Crippen LogP contribution in [-0.4, -0.2) is 34.3 Å². The van der Waals surface area contributed by atoms with Gasteiger partial charge < -0.3 is 10.2 Å². The minimum atomic E-state index is -0.323. The molecule has 1 aliphatic heterocycles. The lowest BCUT2D eigenvalue weighted by Gasteiger charge is -2.17. The van der Waals surface area contributed by atoms with Gasteiger partial charge in [-0.25, -0.2) is 4.39 Å². The first kappa shape index (κ1) is 16.1. The summed E-state index contributed by atoms with van der Waals surface area (Å²) in [6.07, 6.45) is 1.88. The molecule has 24 heavy (non-hydrogen) atoms. The van der Waals surface area contributed by atoms with Gasteiger partial charge in [-0.1, -0.05) is 12.1 Å². The van der Waals surface area contributed by atoms with Crippen LogP contribution < -0.4 is 5.32 Å². The average molecular weight is 327 g/mol. The number of nitrogens with one attached hydrogen (secondary N) is 1. The van der Waals surface area contributed by atoms with Crippen LogP contribution in [0, 0.1) is 12.7 Å². The van der Waals surface area contributed by atoms with Gasteiger partial charge >= 0.3 is 0 Å². The van der Waals surface area contributed by atoms with Crippen LogP contribution in [0.25, 0.3) is 0 Å². The first-order chi connectivity index (χ1) is 11.5. The van der Waals surface area contributed by atoms with Crippen molar-refractivity contribution in [3.05, 3.63) is 65.2 Å². The summed E-state index contributed by atoms with van der Waals surface area (Å²) in [5.74, 6) is -0.602. The van der Waals surface area contributed by atoms with E-state index in [4.69, 9.17) is 0 Å². The fourth-order valence-corrected chi connectivity index (χ4v) is 2.86. The Kier molecular flexibility index (Phi) is 4.55. The summed E-state index contributed by atoms with van der Waals surface area (Å²) < 4.78 is 13.2. The second-order valence-corrected chi connectivity index (χ2v) is 5.92. The molecule has 0 aliphatic carbocycles. The maximum absolute atomic E-state index is 13.2. The third-order valence-corrected chi connectivity index (χ3v) is 4.06. The summed E-state index contributed by atoms with van der Waals surface area (Å²) in [7, 11) is 0. The number of halogens is 1. The number of aryl methyl sites for hydroxylation is 1. The van der Waals surface area contributed by atoms with Crippen LogP contribution in [0.5, 0.6) is 0 Å². The second-order valence-electron chi connectivity index (χ2n) is 5.92. The Morgan fingerprint density at radius 1 is 1.38 bits per heavy atom. The van der Waals surface area contributed by atoms with E-state index < -0.39 is 0 Å². The SMILES string of the molecule is Cc1ncccc1C(=O)N[C@H]1CC(=O)N(Cc2cccc(F)c2)C1. The zero-order chi connectivity index (χ0) is 17.1. The Hall–Kier alpha value is -2.76. The maximum atomic E-state index is 13.2. The maximum Gasteiger partial charge on any atom is 0.253 e. The molecule has 0 unspecified atom stereocenters. The van der Waals surface area contributed by atoms with Crippen molar-refractivity contribution in [2.24, 2.45) is 0 Å². The molecule has 0 spiro atoms. The third-order valence-electron chi connectivity index (χ3n) is 4.06. The Bertz CT molecular complexity index is 778. The van der Waals surface area contributed by atoms with Gasteiger partial charge in [-0.3, -0.25) is 14.6 Å². The molecule has 1 aromatic heterocycles. The van der Waals surface area contributed by atoms with Crippen LogP contribution in [-0.2, 0) is 11.3 Å². The second kappa shape index (κ2) is 6.78. The van der Waals surface area contributed by atoms with E-state index in [9.17, 15) is 14.0 Å². The van der Waals surface area contributed by atoms with Gasteiger partial charge in [0, 0.05) is 31.4 Å². The number of carbonyl (C=O) groups excluding carboxylic acids is 2. The van der Waals surface area contributed by atoms with Crippen molar-refractivity contribution in [1.82, 2.24) is 15.2 Å². The van der Waals surface area contributed by atoms with E-state index in [-0.39, 0.29) is 30.1 Å². The highest BCUT2D eigenvalue weighted by Crippen LogP contribution is 2.16. The van der Waals surface area contributed by atoms with Gasteiger partial charge in [0.2, 0.25) is 5.91 Å². The van der Waals surface area contributed by atoms with E-state index in [1.54, 1.807) is 42.3 Å². The number of hydrogen-bond acceptors (Lipinski definition) is 3. The summed E-state index contributed by atoms with van der Waals surface area (Å²) in [6, 6.07) is 9.35. The van der Waals surface area contributed by atoms with Gasteiger partial charge in [-0.2, -0.15) is 0 Å². The normalized spacial score (nSPS) is 17.2. The minimum absolute atomic E-state index is 0.0486. The van der Waals surface area contributed by atoms with E-state index in [1.807, 2.05) is 0 Å². The number of amides is 2. The summed E-state index contributed by atoms with van der Waals surface area (Å²) in [5, 5.41) is 2.88. The lowest BCUT2D eigenvalue weighted by atomic mass is 10.1. The summed E-state index contributed by atoms with van der Waals surface area (Å²) >= 11 is 0. The Morgan fingerprint density at radius 3 is 2.96 bits per heavy atom. The molecule has 124 valence electrons. The number of pyridine rings is 1. The van der Waals surface area contributed by atoms with Crippen molar-refractivity contribution < 1.29 is 14.0 Å². The molecule has 5 nitrogen and oxygen atoms in total. The molecule has 2 heterocycles. The molecule has 1 aliphatic rings. The topological polar surface area (TPSA) is 62.3 Å². The van der Waals surface area contributed by atoms with E-state index >= 15 is 0 Å². The molecule has 1 aromatic carbocycles. The molecule has 2 amide bonds. The van der Waals surface area contributed by atoms with Gasteiger partial charge in [0.15, 0.2) is 0 Å². The van der Waals surface area contributed by atoms with Crippen LogP contribution in [0.15, 0.2) is 42.6 Å². The van der Waals surface area contributed by atoms with E-state index in [0.29, 0.717) is 24.3 Å². The lowest BCUT2D eigenvalue weighted by molar-refractivity contribution is -0.128. The molecule has 0 bridgehead atoms. The van der Waals surface area contributed by atoms with E-state index in [1.165, 1.54) is 12.1 Å². The average Bonchev–Trinajstić information content (AvgIpc) is 2.87. The quantitative estimate of drug-likeness (QED) is 0.935. The standard InChI is InChI=1S/C18H18FN3O2/c1-12-16(6-3-7-20-12)18(24)21-15-9-17(23)22(11-15)10-13-4-2-5-14(19)8-13/h2-8,15H,9-11H2,1H3,(H,21,24)/t15-/m0/s1. The number of carbonyl (C=O) groups is 2. The highest BCUT2D eigenvalue weighted by molar-refractivity contribution is 5.96. The van der Waals surface area contributed by atoms with Crippen LogP contribution in [0.1, 0.15) is 28.0 Å². The van der Waals surface area contributed by atoms with Gasteiger partial charge in [0.1, 0.15) is 5.82 Å². The Balaban J connectivity index is 1.62. The van der Waals surface area contributed by atoms with Gasteiger partial charge in [-0.05, 0) is 36.8 Å². The molecule has 0 saturated carbocycles. The van der Waals surface area contributed by atoms with Crippen molar-refractivity contribution in [2.45, 2.75) is 25.9 Å². The van der Waals surface area contributed by atoms with E-state index in [0.717, 1.165) is 5.56 Å². The molecule has 2 aromatic rings. The number of aromatic nitrogens is 1. The molecule has 3 rings (SSSR count). The van der Waals surface area contributed by atoms with Crippen molar-refractivity contribution >= 4 is 11.8 Å². The van der Waals surface area contributed by atoms with Crippen molar-refractivity contribution in [2.75, 3.05) is 6.54 Å². The first-order valence-electron chi connectivity index (χ1n) is 7.77. The fourth-order valence-electron chi connectivity index (χ4n) is 2.86. The summed E-state index contributed by atoms with van der Waals surface area (Å²) in [6.45, 7) is 2.53. The highest BCUT2D eigenvalue weighted by atomic mass is 19.1. The highest BCUT2D eigenvalue weighted by Gasteiger charge is 2.31. The van der Waals surface area contributed by atoms with Gasteiger partial charge in [0.05, 0.1) is 11.6 Å². The molecule has 6 heteroatoms.